The number of nitrogens with two attached hydrogens (primary N) is 1. The lowest BCUT2D eigenvalue weighted by Gasteiger charge is -2.18. The second kappa shape index (κ2) is 6.52. The Morgan fingerprint density at radius 1 is 1.47 bits per heavy atom. The number of unbranched alkanes of at least 4 members (excludes halogenated alkanes) is 1. The minimum Gasteiger partial charge on any atom is -0.494 e. The van der Waals surface area contributed by atoms with Crippen LogP contribution in [0.2, 0.25) is 0 Å². The summed E-state index contributed by atoms with van der Waals surface area (Å²) in [6, 6.07) is 4.58. The number of carboxylic acid groups (broad SMARTS) is 1. The number of aryl methyl sites for hydroxylation is 1. The molecule has 0 radical (unpaired) electrons. The summed E-state index contributed by atoms with van der Waals surface area (Å²) in [6.45, 7) is 3.63. The molecule has 0 saturated carbocycles. The van der Waals surface area contributed by atoms with Crippen molar-refractivity contribution in [3.05, 3.63) is 29.6 Å². The maximum Gasteiger partial charge on any atom is 0.323 e. The van der Waals surface area contributed by atoms with Crippen LogP contribution < -0.4 is 10.5 Å². The molecule has 19 heavy (non-hydrogen) atoms. The van der Waals surface area contributed by atoms with Gasteiger partial charge in [0.15, 0.2) is 0 Å². The highest BCUT2D eigenvalue weighted by molar-refractivity contribution is 5.77. The number of hydrogen-bond acceptors (Lipinski definition) is 3. The number of halogens is 1. The Balaban J connectivity index is 2.28. The summed E-state index contributed by atoms with van der Waals surface area (Å²) in [5, 5.41) is 8.84. The van der Waals surface area contributed by atoms with E-state index in [0.29, 0.717) is 37.2 Å². The Morgan fingerprint density at radius 3 is 2.74 bits per heavy atom. The van der Waals surface area contributed by atoms with Crippen molar-refractivity contribution in [3.8, 4) is 5.75 Å². The van der Waals surface area contributed by atoms with E-state index in [2.05, 4.69) is 0 Å². The first kappa shape index (κ1) is 15.4. The molecule has 106 valence electrons. The van der Waals surface area contributed by atoms with Gasteiger partial charge in [-0.15, -0.1) is 0 Å². The van der Waals surface area contributed by atoms with Crippen molar-refractivity contribution in [3.63, 3.8) is 0 Å². The third-order valence-corrected chi connectivity index (χ3v) is 2.98. The van der Waals surface area contributed by atoms with E-state index in [1.54, 1.807) is 19.1 Å². The van der Waals surface area contributed by atoms with Crippen molar-refractivity contribution in [1.82, 2.24) is 0 Å². The molecular weight excluding hydrogens is 249 g/mol. The summed E-state index contributed by atoms with van der Waals surface area (Å²) < 4.78 is 18.5. The van der Waals surface area contributed by atoms with E-state index in [-0.39, 0.29) is 5.82 Å². The summed E-state index contributed by atoms with van der Waals surface area (Å²) in [5.74, 6) is -0.636. The van der Waals surface area contributed by atoms with Gasteiger partial charge in [-0.3, -0.25) is 4.79 Å². The predicted molar refractivity (Wildman–Crippen MR) is 70.7 cm³/mol. The first-order chi connectivity index (χ1) is 8.83. The van der Waals surface area contributed by atoms with Gasteiger partial charge >= 0.3 is 5.97 Å². The summed E-state index contributed by atoms with van der Waals surface area (Å²) in [4.78, 5) is 10.8. The van der Waals surface area contributed by atoms with Crippen LogP contribution in [-0.2, 0) is 4.79 Å². The Morgan fingerprint density at radius 2 is 2.16 bits per heavy atom. The fourth-order valence-corrected chi connectivity index (χ4v) is 1.60. The molecule has 1 aromatic rings. The Hall–Kier alpha value is -1.62. The van der Waals surface area contributed by atoms with E-state index < -0.39 is 11.5 Å². The zero-order valence-corrected chi connectivity index (χ0v) is 11.3. The van der Waals surface area contributed by atoms with E-state index in [1.165, 1.54) is 13.0 Å². The van der Waals surface area contributed by atoms with Crippen LogP contribution in [0.4, 0.5) is 4.39 Å². The third-order valence-electron chi connectivity index (χ3n) is 2.98. The number of rotatable bonds is 7. The van der Waals surface area contributed by atoms with Gasteiger partial charge in [0.25, 0.3) is 0 Å². The van der Waals surface area contributed by atoms with Crippen molar-refractivity contribution >= 4 is 5.97 Å². The van der Waals surface area contributed by atoms with Crippen LogP contribution in [0.1, 0.15) is 31.7 Å². The molecule has 1 atom stereocenters. The van der Waals surface area contributed by atoms with Crippen molar-refractivity contribution in [2.75, 3.05) is 6.61 Å². The lowest BCUT2D eigenvalue weighted by Crippen LogP contribution is -2.44. The van der Waals surface area contributed by atoms with Crippen LogP contribution in [-0.4, -0.2) is 23.2 Å². The molecule has 0 saturated heterocycles. The van der Waals surface area contributed by atoms with Gasteiger partial charge in [-0.2, -0.15) is 0 Å². The van der Waals surface area contributed by atoms with Gasteiger partial charge in [0.1, 0.15) is 17.1 Å². The molecule has 1 aromatic carbocycles. The topological polar surface area (TPSA) is 72.5 Å². The smallest absolute Gasteiger partial charge is 0.323 e. The zero-order chi connectivity index (χ0) is 14.5. The zero-order valence-electron chi connectivity index (χ0n) is 11.3. The molecule has 0 aromatic heterocycles. The van der Waals surface area contributed by atoms with Crippen LogP contribution in [0.15, 0.2) is 18.2 Å². The van der Waals surface area contributed by atoms with Gasteiger partial charge in [-0.25, -0.2) is 4.39 Å². The molecular formula is C14H20FNO3. The lowest BCUT2D eigenvalue weighted by atomic mass is 9.97. The van der Waals surface area contributed by atoms with E-state index in [1.807, 2.05) is 0 Å². The molecule has 0 bridgehead atoms. The fraction of sp³-hybridized carbons (Fsp3) is 0.500. The summed E-state index contributed by atoms with van der Waals surface area (Å²) in [7, 11) is 0. The first-order valence-corrected chi connectivity index (χ1v) is 6.24. The number of carboxylic acids is 1. The molecule has 3 N–H and O–H groups in total. The van der Waals surface area contributed by atoms with Gasteiger partial charge in [-0.1, -0.05) is 0 Å². The summed E-state index contributed by atoms with van der Waals surface area (Å²) >= 11 is 0. The second-order valence-electron chi connectivity index (χ2n) is 4.94. The van der Waals surface area contributed by atoms with Crippen molar-refractivity contribution < 1.29 is 19.0 Å². The molecule has 1 rings (SSSR count). The average molecular weight is 269 g/mol. The van der Waals surface area contributed by atoms with Crippen molar-refractivity contribution in [2.45, 2.75) is 38.6 Å². The number of hydrogen-bond donors (Lipinski definition) is 2. The molecule has 0 amide bonds. The molecule has 0 heterocycles. The number of aliphatic carboxylic acids is 1. The first-order valence-electron chi connectivity index (χ1n) is 6.24. The highest BCUT2D eigenvalue weighted by atomic mass is 19.1. The standard InChI is InChI=1S/C14H20FNO3/c1-10-9-11(5-6-12(10)15)19-8-4-3-7-14(2,16)13(17)18/h5-6,9H,3-4,7-8,16H2,1-2H3,(H,17,18). The maximum absolute atomic E-state index is 13.0. The van der Waals surface area contributed by atoms with Gasteiger partial charge < -0.3 is 15.6 Å². The fourth-order valence-electron chi connectivity index (χ4n) is 1.60. The van der Waals surface area contributed by atoms with E-state index >= 15 is 0 Å². The normalized spacial score (nSPS) is 13.9. The molecule has 0 aliphatic rings. The Kier molecular flexibility index (Phi) is 5.30. The molecule has 0 fully saturated rings. The van der Waals surface area contributed by atoms with Crippen LogP contribution in [0, 0.1) is 12.7 Å². The van der Waals surface area contributed by atoms with Gasteiger partial charge in [0, 0.05) is 0 Å². The number of ether oxygens (including phenoxy) is 1. The molecule has 0 aliphatic heterocycles. The summed E-state index contributed by atoms with van der Waals surface area (Å²) in [6.07, 6.45) is 1.77. The van der Waals surface area contributed by atoms with E-state index in [9.17, 15) is 9.18 Å². The highest BCUT2D eigenvalue weighted by Crippen LogP contribution is 2.17. The average Bonchev–Trinajstić information content (AvgIpc) is 2.33. The van der Waals surface area contributed by atoms with Gasteiger partial charge in [0.05, 0.1) is 6.61 Å². The van der Waals surface area contributed by atoms with Crippen LogP contribution in [0.3, 0.4) is 0 Å². The quantitative estimate of drug-likeness (QED) is 0.746. The van der Waals surface area contributed by atoms with Crippen LogP contribution >= 0.6 is 0 Å². The largest absolute Gasteiger partial charge is 0.494 e. The third kappa shape index (κ3) is 4.87. The van der Waals surface area contributed by atoms with Gasteiger partial charge in [-0.05, 0) is 56.9 Å². The SMILES string of the molecule is Cc1cc(OCCCCC(C)(N)C(=O)O)ccc1F. The number of carbonyl (C=O) groups is 1. The van der Waals surface area contributed by atoms with E-state index in [0.717, 1.165) is 0 Å². The summed E-state index contributed by atoms with van der Waals surface area (Å²) in [5.41, 5.74) is 4.96. The molecule has 4 nitrogen and oxygen atoms in total. The Labute approximate surface area is 112 Å². The van der Waals surface area contributed by atoms with Crippen molar-refractivity contribution in [1.29, 1.82) is 0 Å². The monoisotopic (exact) mass is 269 g/mol. The van der Waals surface area contributed by atoms with Crippen LogP contribution in [0.5, 0.6) is 5.75 Å². The molecule has 0 aliphatic carbocycles. The minimum atomic E-state index is -1.19. The molecule has 1 unspecified atom stereocenters. The molecule has 5 heteroatoms. The maximum atomic E-state index is 13.0. The predicted octanol–water partition coefficient (Wildman–Crippen LogP) is 2.49. The Bertz CT molecular complexity index is 446. The highest BCUT2D eigenvalue weighted by Gasteiger charge is 2.26. The lowest BCUT2D eigenvalue weighted by molar-refractivity contribution is -0.142. The van der Waals surface area contributed by atoms with Crippen LogP contribution in [0.25, 0.3) is 0 Å². The van der Waals surface area contributed by atoms with Crippen molar-refractivity contribution in [2.24, 2.45) is 5.73 Å². The van der Waals surface area contributed by atoms with Gasteiger partial charge in [0.2, 0.25) is 0 Å². The molecule has 0 spiro atoms. The number of benzene rings is 1. The minimum absolute atomic E-state index is 0.257. The second-order valence-corrected chi connectivity index (χ2v) is 4.94. The van der Waals surface area contributed by atoms with E-state index in [4.69, 9.17) is 15.6 Å².